The Bertz CT molecular complexity index is 2120. The highest BCUT2D eigenvalue weighted by Gasteiger charge is 2.47. The van der Waals surface area contributed by atoms with Crippen molar-refractivity contribution in [3.63, 3.8) is 0 Å². The molecule has 4 heteroatoms. The molecule has 5 aromatic carbocycles. The number of phenols is 1. The Morgan fingerprint density at radius 3 is 2.14 bits per heavy atom. The minimum Gasteiger partial charge on any atom is -0.507 e. The number of nitrogens with zero attached hydrogens (tertiary/aromatic N) is 3. The molecular formula is C38H25N3O. The van der Waals surface area contributed by atoms with Gasteiger partial charge in [0.2, 0.25) is 0 Å². The molecule has 0 aliphatic heterocycles. The molecule has 1 N–H and O–H groups in total. The molecule has 198 valence electrons. The molecule has 0 radical (unpaired) electrons. The molecule has 1 unspecified atom stereocenters. The van der Waals surface area contributed by atoms with Gasteiger partial charge in [0.25, 0.3) is 0 Å². The van der Waals surface area contributed by atoms with Crippen molar-refractivity contribution in [1.29, 1.82) is 0 Å². The summed E-state index contributed by atoms with van der Waals surface area (Å²) in [5.74, 6) is 0.207. The second-order valence-electron chi connectivity index (χ2n) is 10.6. The van der Waals surface area contributed by atoms with Gasteiger partial charge in [0, 0.05) is 23.5 Å². The van der Waals surface area contributed by atoms with Gasteiger partial charge < -0.3 is 5.11 Å². The quantitative estimate of drug-likeness (QED) is 0.244. The number of aromatic nitrogens is 3. The zero-order valence-corrected chi connectivity index (χ0v) is 22.6. The summed E-state index contributed by atoms with van der Waals surface area (Å²) in [5, 5.41) is 13.1. The van der Waals surface area contributed by atoms with E-state index in [1.165, 1.54) is 33.0 Å². The summed E-state index contributed by atoms with van der Waals surface area (Å²) in [6, 6.07) is 43.9. The van der Waals surface area contributed by atoms with Crippen molar-refractivity contribution >= 4 is 10.8 Å². The Kier molecular flexibility index (Phi) is 5.47. The number of hydrogen-bond donors (Lipinski definition) is 1. The average Bonchev–Trinajstić information content (AvgIpc) is 3.34. The Hall–Kier alpha value is -5.61. The van der Waals surface area contributed by atoms with Crippen LogP contribution in [0.1, 0.15) is 22.4 Å². The van der Waals surface area contributed by atoms with Crippen molar-refractivity contribution in [2.24, 2.45) is 0 Å². The lowest BCUT2D eigenvalue weighted by molar-refractivity contribution is 0.477. The second-order valence-corrected chi connectivity index (χ2v) is 10.6. The molecule has 0 spiro atoms. The fourth-order valence-corrected chi connectivity index (χ4v) is 6.54. The van der Waals surface area contributed by atoms with Gasteiger partial charge in [0.1, 0.15) is 5.75 Å². The molecule has 2 heterocycles. The first-order valence-electron chi connectivity index (χ1n) is 14.0. The van der Waals surface area contributed by atoms with Gasteiger partial charge in [-0.05, 0) is 81.1 Å². The lowest BCUT2D eigenvalue weighted by atomic mass is 9.69. The van der Waals surface area contributed by atoms with Gasteiger partial charge in [-0.1, -0.05) is 84.9 Å². The fourth-order valence-electron chi connectivity index (χ4n) is 6.54. The SMILES string of the molecule is Oc1ccccc1-c1cccc(C2(c3cccc(-c4cnccn4)c3)c3ccccc3-c3cc4ccccc4cc32)n1. The summed E-state index contributed by atoms with van der Waals surface area (Å²) in [5.41, 5.74) is 9.24. The van der Waals surface area contributed by atoms with Crippen LogP contribution in [-0.4, -0.2) is 20.1 Å². The Balaban J connectivity index is 1.49. The van der Waals surface area contributed by atoms with Crippen LogP contribution in [0.4, 0.5) is 0 Å². The summed E-state index contributed by atoms with van der Waals surface area (Å²) in [6.45, 7) is 0. The number of para-hydroxylation sites is 1. The number of fused-ring (bicyclic) bond motifs is 4. The third kappa shape index (κ3) is 3.59. The highest BCUT2D eigenvalue weighted by molar-refractivity contribution is 5.95. The zero-order chi connectivity index (χ0) is 28.1. The minimum atomic E-state index is -0.714. The molecule has 8 rings (SSSR count). The molecule has 4 nitrogen and oxygen atoms in total. The molecule has 0 fully saturated rings. The molecule has 2 aromatic heterocycles. The lowest BCUT2D eigenvalue weighted by Crippen LogP contribution is -2.30. The highest BCUT2D eigenvalue weighted by Crippen LogP contribution is 2.56. The molecule has 1 atom stereocenters. The van der Waals surface area contributed by atoms with Crippen molar-refractivity contribution < 1.29 is 5.11 Å². The van der Waals surface area contributed by atoms with Crippen LogP contribution in [0.15, 0.2) is 146 Å². The average molecular weight is 540 g/mol. The zero-order valence-electron chi connectivity index (χ0n) is 22.6. The van der Waals surface area contributed by atoms with E-state index in [9.17, 15) is 5.11 Å². The summed E-state index contributed by atoms with van der Waals surface area (Å²) >= 11 is 0. The smallest absolute Gasteiger partial charge is 0.124 e. The van der Waals surface area contributed by atoms with E-state index in [-0.39, 0.29) is 5.75 Å². The number of hydrogen-bond acceptors (Lipinski definition) is 4. The predicted octanol–water partition coefficient (Wildman–Crippen LogP) is 8.43. The van der Waals surface area contributed by atoms with Crippen LogP contribution < -0.4 is 0 Å². The summed E-state index contributed by atoms with van der Waals surface area (Å²) < 4.78 is 0. The van der Waals surface area contributed by atoms with Crippen molar-refractivity contribution in [1.82, 2.24) is 15.0 Å². The molecule has 7 aromatic rings. The van der Waals surface area contributed by atoms with Gasteiger partial charge >= 0.3 is 0 Å². The first-order valence-corrected chi connectivity index (χ1v) is 14.0. The Labute approximate surface area is 243 Å². The third-order valence-corrected chi connectivity index (χ3v) is 8.38. The second kappa shape index (κ2) is 9.50. The van der Waals surface area contributed by atoms with Crippen molar-refractivity contribution in [3.05, 3.63) is 168 Å². The van der Waals surface area contributed by atoms with Crippen LogP contribution in [-0.2, 0) is 5.41 Å². The van der Waals surface area contributed by atoms with Crippen molar-refractivity contribution in [2.75, 3.05) is 0 Å². The van der Waals surface area contributed by atoms with E-state index < -0.39 is 5.41 Å². The number of pyridine rings is 1. The van der Waals surface area contributed by atoms with E-state index >= 15 is 0 Å². The van der Waals surface area contributed by atoms with E-state index in [1.54, 1.807) is 24.7 Å². The number of aromatic hydroxyl groups is 1. The molecule has 0 bridgehead atoms. The maximum Gasteiger partial charge on any atom is 0.124 e. The summed E-state index contributed by atoms with van der Waals surface area (Å²) in [7, 11) is 0. The monoisotopic (exact) mass is 539 g/mol. The van der Waals surface area contributed by atoms with Crippen molar-refractivity contribution in [3.8, 4) is 39.4 Å². The predicted molar refractivity (Wildman–Crippen MR) is 167 cm³/mol. The van der Waals surface area contributed by atoms with Gasteiger partial charge in [-0.3, -0.25) is 15.0 Å². The maximum absolute atomic E-state index is 10.7. The van der Waals surface area contributed by atoms with Gasteiger partial charge in [0.05, 0.1) is 28.7 Å². The molecule has 0 saturated heterocycles. The minimum absolute atomic E-state index is 0.207. The highest BCUT2D eigenvalue weighted by atomic mass is 16.3. The van der Waals surface area contributed by atoms with Crippen molar-refractivity contribution in [2.45, 2.75) is 5.41 Å². The molecule has 1 aliphatic rings. The van der Waals surface area contributed by atoms with E-state index in [0.717, 1.165) is 28.2 Å². The number of benzene rings is 5. The van der Waals surface area contributed by atoms with E-state index in [4.69, 9.17) is 4.98 Å². The Morgan fingerprint density at radius 2 is 1.31 bits per heavy atom. The summed E-state index contributed by atoms with van der Waals surface area (Å²) in [4.78, 5) is 14.3. The maximum atomic E-state index is 10.7. The van der Waals surface area contributed by atoms with E-state index in [1.807, 2.05) is 30.3 Å². The molecular weight excluding hydrogens is 514 g/mol. The van der Waals surface area contributed by atoms with Crippen LogP contribution in [0, 0.1) is 0 Å². The molecule has 0 amide bonds. The van der Waals surface area contributed by atoms with Gasteiger partial charge in [0.15, 0.2) is 0 Å². The number of phenolic OH excluding ortho intramolecular Hbond substituents is 1. The Morgan fingerprint density at radius 1 is 0.548 bits per heavy atom. The molecule has 0 saturated carbocycles. The van der Waals surface area contributed by atoms with Crippen LogP contribution in [0.3, 0.4) is 0 Å². The van der Waals surface area contributed by atoms with Crippen LogP contribution >= 0.6 is 0 Å². The standard InChI is InChI=1S/C38H25N3O/c42-36-17-6-4-14-30(36)34-16-8-18-37(41-34)38(28-12-7-11-27(21-28)35-24-39-19-20-40-35)32-15-5-3-13-29(32)31-22-25-9-1-2-10-26(25)23-33(31)38/h1-24,42H. The summed E-state index contributed by atoms with van der Waals surface area (Å²) in [6.07, 6.45) is 5.21. The van der Waals surface area contributed by atoms with Crippen LogP contribution in [0.5, 0.6) is 5.75 Å². The topological polar surface area (TPSA) is 58.9 Å². The lowest BCUT2D eigenvalue weighted by Gasteiger charge is -2.33. The molecule has 1 aliphatic carbocycles. The van der Waals surface area contributed by atoms with E-state index in [0.29, 0.717) is 5.56 Å². The normalized spacial score (nSPS) is 15.3. The van der Waals surface area contributed by atoms with Gasteiger partial charge in [-0.25, -0.2) is 0 Å². The fraction of sp³-hybridized carbons (Fsp3) is 0.0263. The number of rotatable bonds is 4. The van der Waals surface area contributed by atoms with Crippen LogP contribution in [0.2, 0.25) is 0 Å². The van der Waals surface area contributed by atoms with Crippen LogP contribution in [0.25, 0.3) is 44.4 Å². The first-order chi connectivity index (χ1) is 20.7. The third-order valence-electron chi connectivity index (χ3n) is 8.38. The van der Waals surface area contributed by atoms with Gasteiger partial charge in [-0.2, -0.15) is 0 Å². The van der Waals surface area contributed by atoms with E-state index in [2.05, 4.69) is 101 Å². The first kappa shape index (κ1) is 24.2. The molecule has 42 heavy (non-hydrogen) atoms. The van der Waals surface area contributed by atoms with Gasteiger partial charge in [-0.15, -0.1) is 0 Å². The largest absolute Gasteiger partial charge is 0.507 e.